The molecule has 0 aliphatic heterocycles. The molecule has 0 spiro atoms. The quantitative estimate of drug-likeness (QED) is 0.816. The van der Waals surface area contributed by atoms with Crippen molar-refractivity contribution in [1.82, 2.24) is 20.0 Å². The van der Waals surface area contributed by atoms with Crippen LogP contribution >= 0.6 is 0 Å². The SMILES string of the molecule is CCC(C)C(NC(=O)N(C)Cc1cnn(C)c1)C(=O)O. The third-order valence-corrected chi connectivity index (χ3v) is 3.28. The number of hydrogen-bond acceptors (Lipinski definition) is 3. The Hall–Kier alpha value is -2.05. The molecular formula is C13H22N4O3. The minimum atomic E-state index is -1.01. The minimum Gasteiger partial charge on any atom is -0.480 e. The normalized spacial score (nSPS) is 13.6. The third kappa shape index (κ3) is 4.25. The average Bonchev–Trinajstić information content (AvgIpc) is 2.79. The number of aliphatic carboxylic acids is 1. The molecule has 0 radical (unpaired) electrons. The summed E-state index contributed by atoms with van der Waals surface area (Å²) >= 11 is 0. The first kappa shape index (κ1) is 16.0. The molecule has 0 aromatic carbocycles. The summed E-state index contributed by atoms with van der Waals surface area (Å²) in [7, 11) is 3.42. The Bertz CT molecular complexity index is 472. The summed E-state index contributed by atoms with van der Waals surface area (Å²) in [5.41, 5.74) is 0.889. The van der Waals surface area contributed by atoms with Crippen LogP contribution in [-0.2, 0) is 18.4 Å². The van der Waals surface area contributed by atoms with E-state index in [1.165, 1.54) is 4.90 Å². The topological polar surface area (TPSA) is 87.5 Å². The molecule has 0 bridgehead atoms. The lowest BCUT2D eigenvalue weighted by Crippen LogP contribution is -2.49. The molecule has 1 rings (SSSR count). The Morgan fingerprint density at radius 2 is 2.20 bits per heavy atom. The van der Waals surface area contributed by atoms with Gasteiger partial charge in [0.1, 0.15) is 6.04 Å². The number of carbonyl (C=O) groups excluding carboxylic acids is 1. The molecule has 1 aromatic heterocycles. The van der Waals surface area contributed by atoms with Crippen LogP contribution in [0, 0.1) is 5.92 Å². The van der Waals surface area contributed by atoms with Crippen LogP contribution in [-0.4, -0.2) is 44.9 Å². The summed E-state index contributed by atoms with van der Waals surface area (Å²) in [5.74, 6) is -1.13. The highest BCUT2D eigenvalue weighted by atomic mass is 16.4. The van der Waals surface area contributed by atoms with Gasteiger partial charge in [0.2, 0.25) is 0 Å². The fourth-order valence-corrected chi connectivity index (χ4v) is 1.83. The molecule has 0 saturated heterocycles. The van der Waals surface area contributed by atoms with Gasteiger partial charge in [-0.3, -0.25) is 4.68 Å². The lowest BCUT2D eigenvalue weighted by molar-refractivity contribution is -0.140. The lowest BCUT2D eigenvalue weighted by Gasteiger charge is -2.24. The van der Waals surface area contributed by atoms with E-state index in [1.807, 2.05) is 13.1 Å². The third-order valence-electron chi connectivity index (χ3n) is 3.28. The second-order valence-electron chi connectivity index (χ2n) is 5.03. The van der Waals surface area contributed by atoms with Crippen molar-refractivity contribution in [2.45, 2.75) is 32.9 Å². The van der Waals surface area contributed by atoms with Gasteiger partial charge in [-0.25, -0.2) is 9.59 Å². The molecule has 0 saturated carbocycles. The number of hydrogen-bond donors (Lipinski definition) is 2. The predicted octanol–water partition coefficient (Wildman–Crippen LogP) is 1.06. The van der Waals surface area contributed by atoms with Crippen LogP contribution in [0.3, 0.4) is 0 Å². The predicted molar refractivity (Wildman–Crippen MR) is 74.1 cm³/mol. The summed E-state index contributed by atoms with van der Waals surface area (Å²) < 4.78 is 1.65. The zero-order valence-electron chi connectivity index (χ0n) is 12.3. The number of carboxylic acid groups (broad SMARTS) is 1. The number of urea groups is 1. The summed E-state index contributed by atoms with van der Waals surface area (Å²) in [6.45, 7) is 4.08. The molecule has 0 aliphatic carbocycles. The molecule has 7 nitrogen and oxygen atoms in total. The van der Waals surface area contributed by atoms with Gasteiger partial charge in [-0.1, -0.05) is 20.3 Å². The van der Waals surface area contributed by atoms with Crippen LogP contribution in [0.4, 0.5) is 4.79 Å². The Morgan fingerprint density at radius 1 is 1.55 bits per heavy atom. The largest absolute Gasteiger partial charge is 0.480 e. The number of amides is 2. The summed E-state index contributed by atoms with van der Waals surface area (Å²) in [5, 5.41) is 15.7. The molecule has 20 heavy (non-hydrogen) atoms. The van der Waals surface area contributed by atoms with Crippen molar-refractivity contribution in [3.8, 4) is 0 Å². The first-order chi connectivity index (χ1) is 9.35. The fourth-order valence-electron chi connectivity index (χ4n) is 1.83. The van der Waals surface area contributed by atoms with Crippen LogP contribution in [0.15, 0.2) is 12.4 Å². The van der Waals surface area contributed by atoms with Gasteiger partial charge in [-0.05, 0) is 5.92 Å². The zero-order chi connectivity index (χ0) is 15.3. The highest BCUT2D eigenvalue weighted by Crippen LogP contribution is 2.09. The molecule has 2 unspecified atom stereocenters. The van der Waals surface area contributed by atoms with Crippen molar-refractivity contribution < 1.29 is 14.7 Å². The maximum absolute atomic E-state index is 12.0. The van der Waals surface area contributed by atoms with Crippen molar-refractivity contribution in [1.29, 1.82) is 0 Å². The van der Waals surface area contributed by atoms with Crippen LogP contribution in [0.5, 0.6) is 0 Å². The fraction of sp³-hybridized carbons (Fsp3) is 0.615. The van der Waals surface area contributed by atoms with Crippen molar-refractivity contribution >= 4 is 12.0 Å². The second kappa shape index (κ2) is 6.93. The molecule has 1 heterocycles. The summed E-state index contributed by atoms with van der Waals surface area (Å²) in [6, 6.07) is -1.27. The van der Waals surface area contributed by atoms with E-state index in [-0.39, 0.29) is 5.92 Å². The number of aromatic nitrogens is 2. The van der Waals surface area contributed by atoms with Gasteiger partial charge in [0.15, 0.2) is 0 Å². The van der Waals surface area contributed by atoms with Crippen LogP contribution in [0.2, 0.25) is 0 Å². The van der Waals surface area contributed by atoms with Gasteiger partial charge < -0.3 is 15.3 Å². The highest BCUT2D eigenvalue weighted by molar-refractivity contribution is 5.82. The Morgan fingerprint density at radius 3 is 2.65 bits per heavy atom. The van der Waals surface area contributed by atoms with E-state index in [9.17, 15) is 9.59 Å². The van der Waals surface area contributed by atoms with Crippen molar-refractivity contribution in [3.63, 3.8) is 0 Å². The molecule has 0 aliphatic rings. The highest BCUT2D eigenvalue weighted by Gasteiger charge is 2.26. The monoisotopic (exact) mass is 282 g/mol. The standard InChI is InChI=1S/C13H22N4O3/c1-5-9(2)11(12(18)19)15-13(20)16(3)7-10-6-14-17(4)8-10/h6,8-9,11H,5,7H2,1-4H3,(H,15,20)(H,18,19). The average molecular weight is 282 g/mol. The smallest absolute Gasteiger partial charge is 0.326 e. The number of nitrogens with zero attached hydrogens (tertiary/aromatic N) is 3. The minimum absolute atomic E-state index is 0.122. The van der Waals surface area contributed by atoms with Crippen LogP contribution in [0.25, 0.3) is 0 Å². The van der Waals surface area contributed by atoms with E-state index < -0.39 is 18.0 Å². The number of carboxylic acids is 1. The first-order valence-electron chi connectivity index (χ1n) is 6.57. The van der Waals surface area contributed by atoms with E-state index in [4.69, 9.17) is 5.11 Å². The van der Waals surface area contributed by atoms with Gasteiger partial charge >= 0.3 is 12.0 Å². The van der Waals surface area contributed by atoms with Gasteiger partial charge in [-0.2, -0.15) is 5.10 Å². The Kier molecular flexibility index (Phi) is 5.54. The van der Waals surface area contributed by atoms with E-state index in [0.29, 0.717) is 13.0 Å². The molecule has 2 N–H and O–H groups in total. The number of carbonyl (C=O) groups is 2. The van der Waals surface area contributed by atoms with Crippen molar-refractivity contribution in [2.75, 3.05) is 7.05 Å². The molecule has 0 fully saturated rings. The van der Waals surface area contributed by atoms with E-state index in [1.54, 1.807) is 31.9 Å². The van der Waals surface area contributed by atoms with E-state index >= 15 is 0 Å². The first-order valence-corrected chi connectivity index (χ1v) is 6.57. The summed E-state index contributed by atoms with van der Waals surface area (Å²) in [6.07, 6.45) is 4.17. The molecule has 7 heteroatoms. The molecule has 112 valence electrons. The molecule has 2 amide bonds. The maximum Gasteiger partial charge on any atom is 0.326 e. The van der Waals surface area contributed by atoms with Gasteiger partial charge in [0.25, 0.3) is 0 Å². The van der Waals surface area contributed by atoms with Crippen molar-refractivity contribution in [2.24, 2.45) is 13.0 Å². The lowest BCUT2D eigenvalue weighted by atomic mass is 9.99. The molecule has 1 aromatic rings. The zero-order valence-corrected chi connectivity index (χ0v) is 12.3. The number of aryl methyl sites for hydroxylation is 1. The Labute approximate surface area is 118 Å². The van der Waals surface area contributed by atoms with E-state index in [0.717, 1.165) is 5.56 Å². The second-order valence-corrected chi connectivity index (χ2v) is 5.03. The maximum atomic E-state index is 12.0. The number of nitrogens with one attached hydrogen (secondary N) is 1. The van der Waals surface area contributed by atoms with Crippen LogP contribution < -0.4 is 5.32 Å². The van der Waals surface area contributed by atoms with E-state index in [2.05, 4.69) is 10.4 Å². The van der Waals surface area contributed by atoms with Gasteiger partial charge in [0, 0.05) is 25.9 Å². The summed E-state index contributed by atoms with van der Waals surface area (Å²) in [4.78, 5) is 24.6. The van der Waals surface area contributed by atoms with Gasteiger partial charge in [0.05, 0.1) is 12.7 Å². The molecule has 2 atom stereocenters. The molecular weight excluding hydrogens is 260 g/mol. The van der Waals surface area contributed by atoms with Crippen molar-refractivity contribution in [3.05, 3.63) is 18.0 Å². The Balaban J connectivity index is 2.61. The van der Waals surface area contributed by atoms with Gasteiger partial charge in [-0.15, -0.1) is 0 Å². The number of rotatable bonds is 6. The van der Waals surface area contributed by atoms with Crippen LogP contribution in [0.1, 0.15) is 25.8 Å².